The summed E-state index contributed by atoms with van der Waals surface area (Å²) < 4.78 is 0. The zero-order chi connectivity index (χ0) is 14.7. The molecule has 2 aromatic rings. The molecule has 1 aromatic heterocycles. The topological polar surface area (TPSA) is 67.1 Å². The molecule has 0 amide bonds. The maximum absolute atomic E-state index is 5.46. The number of benzene rings is 1. The van der Waals surface area contributed by atoms with Crippen molar-refractivity contribution >= 4 is 29.1 Å². The third-order valence-electron chi connectivity index (χ3n) is 2.96. The standard InChI is InChI=1S/C14H19N5S/c1-9-5-10(2)7-11(6-9)19(3)13-8-12(18-15)16-14(17-13)20-4/h5-8H,15H2,1-4H3,(H,16,17,18). The summed E-state index contributed by atoms with van der Waals surface area (Å²) in [4.78, 5) is 10.8. The highest BCUT2D eigenvalue weighted by atomic mass is 32.2. The molecular weight excluding hydrogens is 270 g/mol. The maximum Gasteiger partial charge on any atom is 0.191 e. The average Bonchev–Trinajstić information content (AvgIpc) is 2.44. The molecule has 3 N–H and O–H groups in total. The normalized spacial score (nSPS) is 10.4. The van der Waals surface area contributed by atoms with Gasteiger partial charge in [-0.05, 0) is 43.4 Å². The van der Waals surface area contributed by atoms with Crippen LogP contribution < -0.4 is 16.2 Å². The summed E-state index contributed by atoms with van der Waals surface area (Å²) in [6.45, 7) is 4.18. The smallest absolute Gasteiger partial charge is 0.191 e. The molecule has 1 aromatic carbocycles. The van der Waals surface area contributed by atoms with E-state index in [-0.39, 0.29) is 0 Å². The summed E-state index contributed by atoms with van der Waals surface area (Å²) in [7, 11) is 1.99. The van der Waals surface area contributed by atoms with Crippen molar-refractivity contribution in [2.75, 3.05) is 23.6 Å². The lowest BCUT2D eigenvalue weighted by Crippen LogP contribution is -2.15. The lowest BCUT2D eigenvalue weighted by atomic mass is 10.1. The van der Waals surface area contributed by atoms with E-state index in [0.717, 1.165) is 11.5 Å². The van der Waals surface area contributed by atoms with E-state index in [1.165, 1.54) is 22.9 Å². The van der Waals surface area contributed by atoms with Crippen LogP contribution in [0.25, 0.3) is 0 Å². The van der Waals surface area contributed by atoms with Crippen molar-refractivity contribution in [3.63, 3.8) is 0 Å². The summed E-state index contributed by atoms with van der Waals surface area (Å²) in [6.07, 6.45) is 1.94. The van der Waals surface area contributed by atoms with E-state index in [2.05, 4.69) is 47.4 Å². The van der Waals surface area contributed by atoms with Crippen molar-refractivity contribution in [2.45, 2.75) is 19.0 Å². The SMILES string of the molecule is CSc1nc(NN)cc(N(C)c2cc(C)cc(C)c2)n1. The van der Waals surface area contributed by atoms with Gasteiger partial charge in [0.15, 0.2) is 5.16 Å². The van der Waals surface area contributed by atoms with E-state index < -0.39 is 0 Å². The number of nitrogen functional groups attached to an aromatic ring is 1. The minimum atomic E-state index is 0.607. The molecule has 0 spiro atoms. The number of hydrogen-bond acceptors (Lipinski definition) is 6. The minimum absolute atomic E-state index is 0.607. The molecule has 6 heteroatoms. The molecule has 0 atom stereocenters. The Morgan fingerprint density at radius 2 is 1.75 bits per heavy atom. The van der Waals surface area contributed by atoms with Gasteiger partial charge in [0.25, 0.3) is 0 Å². The quantitative estimate of drug-likeness (QED) is 0.390. The van der Waals surface area contributed by atoms with Crippen LogP contribution in [0.2, 0.25) is 0 Å². The van der Waals surface area contributed by atoms with Crippen LogP contribution in [0.1, 0.15) is 11.1 Å². The molecule has 0 saturated carbocycles. The fourth-order valence-electron chi connectivity index (χ4n) is 2.03. The highest BCUT2D eigenvalue weighted by Gasteiger charge is 2.10. The molecule has 0 radical (unpaired) electrons. The van der Waals surface area contributed by atoms with Crippen LogP contribution in [0, 0.1) is 13.8 Å². The number of anilines is 3. The minimum Gasteiger partial charge on any atom is -0.329 e. The third kappa shape index (κ3) is 3.20. The second-order valence-corrected chi connectivity index (χ2v) is 5.42. The zero-order valence-corrected chi connectivity index (χ0v) is 13.0. The van der Waals surface area contributed by atoms with Gasteiger partial charge in [0, 0.05) is 18.8 Å². The van der Waals surface area contributed by atoms with Gasteiger partial charge < -0.3 is 10.3 Å². The van der Waals surface area contributed by atoms with E-state index >= 15 is 0 Å². The summed E-state index contributed by atoms with van der Waals surface area (Å²) in [6, 6.07) is 8.24. The van der Waals surface area contributed by atoms with Crippen LogP contribution >= 0.6 is 11.8 Å². The molecule has 0 fully saturated rings. The van der Waals surface area contributed by atoms with E-state index in [1.807, 2.05) is 24.3 Å². The first-order valence-corrected chi connectivity index (χ1v) is 7.47. The first kappa shape index (κ1) is 14.6. The number of nitrogens with two attached hydrogens (primary N) is 1. The fourth-order valence-corrected chi connectivity index (χ4v) is 2.40. The molecule has 1 heterocycles. The Labute approximate surface area is 123 Å². The zero-order valence-electron chi connectivity index (χ0n) is 12.1. The van der Waals surface area contributed by atoms with Crippen molar-refractivity contribution in [1.82, 2.24) is 9.97 Å². The van der Waals surface area contributed by atoms with Gasteiger partial charge in [0.1, 0.15) is 11.6 Å². The van der Waals surface area contributed by atoms with Crippen LogP contribution in [-0.2, 0) is 0 Å². The largest absolute Gasteiger partial charge is 0.329 e. The lowest BCUT2D eigenvalue weighted by Gasteiger charge is -2.20. The molecule has 5 nitrogen and oxygen atoms in total. The second-order valence-electron chi connectivity index (χ2n) is 4.65. The predicted molar refractivity (Wildman–Crippen MR) is 85.6 cm³/mol. The highest BCUT2D eigenvalue weighted by molar-refractivity contribution is 7.98. The van der Waals surface area contributed by atoms with Crippen LogP contribution in [0.15, 0.2) is 29.4 Å². The summed E-state index contributed by atoms with van der Waals surface area (Å²) in [5.41, 5.74) is 6.12. The van der Waals surface area contributed by atoms with E-state index in [0.29, 0.717) is 11.0 Å². The van der Waals surface area contributed by atoms with Gasteiger partial charge >= 0.3 is 0 Å². The number of hydrogen-bond donors (Lipinski definition) is 2. The van der Waals surface area contributed by atoms with Gasteiger partial charge in [-0.3, -0.25) is 0 Å². The van der Waals surface area contributed by atoms with Crippen molar-refractivity contribution in [1.29, 1.82) is 0 Å². The molecule has 0 saturated heterocycles. The Kier molecular flexibility index (Phi) is 4.46. The van der Waals surface area contributed by atoms with Gasteiger partial charge in [0.05, 0.1) is 0 Å². The molecule has 0 aliphatic carbocycles. The van der Waals surface area contributed by atoms with Gasteiger partial charge in [0.2, 0.25) is 0 Å². The van der Waals surface area contributed by atoms with E-state index in [1.54, 1.807) is 0 Å². The van der Waals surface area contributed by atoms with Crippen LogP contribution in [-0.4, -0.2) is 23.3 Å². The molecule has 2 rings (SSSR count). The monoisotopic (exact) mass is 289 g/mol. The van der Waals surface area contributed by atoms with Crippen LogP contribution in [0.4, 0.5) is 17.3 Å². The van der Waals surface area contributed by atoms with Gasteiger partial charge in [-0.25, -0.2) is 15.8 Å². The Bertz CT molecular complexity index is 572. The number of nitrogens with zero attached hydrogens (tertiary/aromatic N) is 3. The summed E-state index contributed by atoms with van der Waals surface area (Å²) in [5.74, 6) is 6.88. The lowest BCUT2D eigenvalue weighted by molar-refractivity contribution is 0.942. The van der Waals surface area contributed by atoms with E-state index in [4.69, 9.17) is 5.84 Å². The summed E-state index contributed by atoms with van der Waals surface area (Å²) >= 11 is 1.49. The second kappa shape index (κ2) is 6.11. The average molecular weight is 289 g/mol. The van der Waals surface area contributed by atoms with Crippen molar-refractivity contribution in [2.24, 2.45) is 5.84 Å². The first-order valence-electron chi connectivity index (χ1n) is 6.25. The fraction of sp³-hybridized carbons (Fsp3) is 0.286. The number of thioether (sulfide) groups is 1. The number of hydrazine groups is 1. The molecule has 106 valence electrons. The van der Waals surface area contributed by atoms with Crippen molar-refractivity contribution in [3.8, 4) is 0 Å². The molecule has 0 bridgehead atoms. The van der Waals surface area contributed by atoms with Crippen molar-refractivity contribution in [3.05, 3.63) is 35.4 Å². The Hall–Kier alpha value is -1.79. The number of aryl methyl sites for hydroxylation is 2. The van der Waals surface area contributed by atoms with Gasteiger partial charge in [-0.2, -0.15) is 0 Å². The first-order chi connectivity index (χ1) is 9.53. The molecule has 0 unspecified atom stereocenters. The molecular formula is C14H19N5S. The Morgan fingerprint density at radius 1 is 1.10 bits per heavy atom. The Morgan fingerprint density at radius 3 is 2.30 bits per heavy atom. The third-order valence-corrected chi connectivity index (χ3v) is 3.51. The van der Waals surface area contributed by atoms with Crippen LogP contribution in [0.3, 0.4) is 0 Å². The van der Waals surface area contributed by atoms with E-state index in [9.17, 15) is 0 Å². The van der Waals surface area contributed by atoms with Crippen LogP contribution in [0.5, 0.6) is 0 Å². The Balaban J connectivity index is 2.43. The summed E-state index contributed by atoms with van der Waals surface area (Å²) in [5, 5.41) is 0.687. The van der Waals surface area contributed by atoms with Gasteiger partial charge in [-0.15, -0.1) is 0 Å². The molecule has 20 heavy (non-hydrogen) atoms. The number of rotatable bonds is 4. The maximum atomic E-state index is 5.46. The molecule has 0 aliphatic rings. The van der Waals surface area contributed by atoms with Crippen molar-refractivity contribution < 1.29 is 0 Å². The number of aromatic nitrogens is 2. The van der Waals surface area contributed by atoms with Gasteiger partial charge in [-0.1, -0.05) is 17.8 Å². The predicted octanol–water partition coefficient (Wildman–Crippen LogP) is 2.87. The highest BCUT2D eigenvalue weighted by Crippen LogP contribution is 2.27. The number of nitrogens with one attached hydrogen (secondary N) is 1. The molecule has 0 aliphatic heterocycles.